The summed E-state index contributed by atoms with van der Waals surface area (Å²) in [5.74, 6) is -0.0819. The van der Waals surface area contributed by atoms with Crippen LogP contribution in [0.4, 0.5) is 10.5 Å². The van der Waals surface area contributed by atoms with E-state index in [2.05, 4.69) is 9.80 Å². The maximum absolute atomic E-state index is 13.1. The fourth-order valence-corrected chi connectivity index (χ4v) is 4.39. The van der Waals surface area contributed by atoms with Gasteiger partial charge in [0.15, 0.2) is 0 Å². The maximum atomic E-state index is 13.1. The zero-order valence-corrected chi connectivity index (χ0v) is 17.1. The quantitative estimate of drug-likeness (QED) is 0.803. The highest BCUT2D eigenvalue weighted by atomic mass is 35.5. The Kier molecular flexibility index (Phi) is 5.58. The molecule has 1 aliphatic carbocycles. The monoisotopic (exact) mass is 426 g/mol. The van der Waals surface area contributed by atoms with Crippen molar-refractivity contribution >= 4 is 40.9 Å². The summed E-state index contributed by atoms with van der Waals surface area (Å²) in [6.07, 6.45) is 1.29. The van der Waals surface area contributed by atoms with Crippen molar-refractivity contribution in [3.8, 4) is 0 Å². The second-order valence-electron chi connectivity index (χ2n) is 7.63. The zero-order chi connectivity index (χ0) is 19.8. The number of piperazine rings is 2. The summed E-state index contributed by atoms with van der Waals surface area (Å²) in [5, 5.41) is 10.6. The number of rotatable bonds is 3. The summed E-state index contributed by atoms with van der Waals surface area (Å²) in [4.78, 5) is 32.3. The van der Waals surface area contributed by atoms with Crippen molar-refractivity contribution in [3.63, 3.8) is 0 Å². The van der Waals surface area contributed by atoms with Crippen molar-refractivity contribution in [2.45, 2.75) is 24.9 Å². The number of nitrogens with zero attached hydrogens (tertiary/aromatic N) is 4. The standard InChI is InChI=1S/C19H24Cl2N4O3/c20-15-4-3-14(11-16(15)21)22-5-7-23(8-6-22)18(26)17-12-24(13-1-2-13)9-10-25(17)19(27)28/h3-4,11,13,17H,1-2,5-10,12H2,(H,27,28)/t17-/m1/s1. The minimum atomic E-state index is -1.01. The first-order valence-corrected chi connectivity index (χ1v) is 10.4. The molecular formula is C19H24Cl2N4O3. The van der Waals surface area contributed by atoms with Crippen LogP contribution >= 0.6 is 23.2 Å². The molecule has 0 unspecified atom stereocenters. The van der Waals surface area contributed by atoms with Crippen LogP contribution in [0.5, 0.6) is 0 Å². The Morgan fingerprint density at radius 1 is 0.964 bits per heavy atom. The van der Waals surface area contributed by atoms with Crippen LogP contribution < -0.4 is 4.90 Å². The van der Waals surface area contributed by atoms with E-state index in [4.69, 9.17) is 23.2 Å². The van der Waals surface area contributed by atoms with Crippen LogP contribution in [0.1, 0.15) is 12.8 Å². The number of anilines is 1. The van der Waals surface area contributed by atoms with Gasteiger partial charge in [-0.25, -0.2) is 4.79 Å². The number of carboxylic acid groups (broad SMARTS) is 1. The van der Waals surface area contributed by atoms with Crippen LogP contribution in [-0.2, 0) is 4.79 Å². The van der Waals surface area contributed by atoms with Gasteiger partial charge in [0.05, 0.1) is 10.0 Å². The number of halogens is 2. The molecule has 2 aliphatic heterocycles. The number of benzene rings is 1. The van der Waals surface area contributed by atoms with E-state index < -0.39 is 12.1 Å². The average molecular weight is 427 g/mol. The molecule has 2 amide bonds. The van der Waals surface area contributed by atoms with Crippen molar-refractivity contribution in [2.75, 3.05) is 50.7 Å². The summed E-state index contributed by atoms with van der Waals surface area (Å²) in [5.41, 5.74) is 0.978. The number of carbonyl (C=O) groups is 2. The molecule has 28 heavy (non-hydrogen) atoms. The van der Waals surface area contributed by atoms with Gasteiger partial charge >= 0.3 is 6.09 Å². The van der Waals surface area contributed by atoms with Crippen LogP contribution in [0.15, 0.2) is 18.2 Å². The van der Waals surface area contributed by atoms with Crippen molar-refractivity contribution in [1.82, 2.24) is 14.7 Å². The summed E-state index contributed by atoms with van der Waals surface area (Å²) in [6, 6.07) is 5.45. The molecule has 7 nitrogen and oxygen atoms in total. The number of carbonyl (C=O) groups excluding carboxylic acids is 1. The van der Waals surface area contributed by atoms with Crippen molar-refractivity contribution < 1.29 is 14.7 Å². The van der Waals surface area contributed by atoms with Gasteiger partial charge in [-0.3, -0.25) is 14.6 Å². The lowest BCUT2D eigenvalue weighted by Crippen LogP contribution is -2.63. The summed E-state index contributed by atoms with van der Waals surface area (Å²) in [6.45, 7) is 4.09. The highest BCUT2D eigenvalue weighted by Gasteiger charge is 2.42. The second-order valence-corrected chi connectivity index (χ2v) is 8.44. The van der Waals surface area contributed by atoms with Crippen LogP contribution in [0.2, 0.25) is 10.0 Å². The molecule has 152 valence electrons. The van der Waals surface area contributed by atoms with Crippen molar-refractivity contribution in [1.29, 1.82) is 0 Å². The first kappa shape index (κ1) is 19.6. The molecule has 2 saturated heterocycles. The van der Waals surface area contributed by atoms with Crippen LogP contribution in [0, 0.1) is 0 Å². The van der Waals surface area contributed by atoms with E-state index >= 15 is 0 Å². The number of hydrogen-bond donors (Lipinski definition) is 1. The van der Waals surface area contributed by atoms with E-state index in [1.54, 1.807) is 11.0 Å². The first-order chi connectivity index (χ1) is 13.4. The Bertz CT molecular complexity index is 766. The van der Waals surface area contributed by atoms with Crippen molar-refractivity contribution in [2.24, 2.45) is 0 Å². The van der Waals surface area contributed by atoms with Gasteiger partial charge in [0, 0.05) is 57.5 Å². The highest BCUT2D eigenvalue weighted by Crippen LogP contribution is 2.30. The Morgan fingerprint density at radius 2 is 1.68 bits per heavy atom. The fraction of sp³-hybridized carbons (Fsp3) is 0.579. The fourth-order valence-electron chi connectivity index (χ4n) is 4.09. The Morgan fingerprint density at radius 3 is 2.29 bits per heavy atom. The largest absolute Gasteiger partial charge is 0.465 e. The van der Waals surface area contributed by atoms with Gasteiger partial charge in [0.25, 0.3) is 0 Å². The minimum absolute atomic E-state index is 0.0819. The summed E-state index contributed by atoms with van der Waals surface area (Å²) < 4.78 is 0. The van der Waals surface area contributed by atoms with E-state index in [0.29, 0.717) is 61.9 Å². The van der Waals surface area contributed by atoms with Crippen LogP contribution in [0.25, 0.3) is 0 Å². The maximum Gasteiger partial charge on any atom is 0.408 e. The summed E-state index contributed by atoms with van der Waals surface area (Å²) >= 11 is 12.1. The Labute approximate surface area is 174 Å². The van der Waals surface area contributed by atoms with Gasteiger partial charge in [-0.2, -0.15) is 0 Å². The van der Waals surface area contributed by atoms with E-state index in [-0.39, 0.29) is 5.91 Å². The predicted octanol–water partition coefficient (Wildman–Crippen LogP) is 2.47. The van der Waals surface area contributed by atoms with E-state index in [1.807, 2.05) is 12.1 Å². The molecule has 0 bridgehead atoms. The molecule has 0 aromatic heterocycles. The average Bonchev–Trinajstić information content (AvgIpc) is 3.54. The smallest absolute Gasteiger partial charge is 0.408 e. The number of amides is 2. The molecule has 1 N–H and O–H groups in total. The molecule has 4 rings (SSSR count). The van der Waals surface area contributed by atoms with Crippen LogP contribution in [-0.4, -0.2) is 89.7 Å². The van der Waals surface area contributed by atoms with Gasteiger partial charge in [-0.1, -0.05) is 23.2 Å². The normalized spacial score (nSPS) is 23.8. The van der Waals surface area contributed by atoms with E-state index in [0.717, 1.165) is 18.5 Å². The van der Waals surface area contributed by atoms with Gasteiger partial charge in [-0.05, 0) is 31.0 Å². The SMILES string of the molecule is O=C([C@H]1CN(C2CC2)CCN1C(=O)O)N1CCN(c2ccc(Cl)c(Cl)c2)CC1. The third kappa shape index (κ3) is 4.02. The molecule has 1 aromatic rings. The van der Waals surface area contributed by atoms with Gasteiger partial charge in [0.1, 0.15) is 6.04 Å². The lowest BCUT2D eigenvalue weighted by atomic mass is 10.1. The topological polar surface area (TPSA) is 67.3 Å². The van der Waals surface area contributed by atoms with Crippen molar-refractivity contribution in [3.05, 3.63) is 28.2 Å². The van der Waals surface area contributed by atoms with Gasteiger partial charge < -0.3 is 14.9 Å². The number of hydrogen-bond acceptors (Lipinski definition) is 4. The Balaban J connectivity index is 1.40. The van der Waals surface area contributed by atoms with E-state index in [1.165, 1.54) is 4.90 Å². The molecule has 0 radical (unpaired) electrons. The molecule has 9 heteroatoms. The Hall–Kier alpha value is -1.70. The first-order valence-electron chi connectivity index (χ1n) is 9.66. The predicted molar refractivity (Wildman–Crippen MR) is 108 cm³/mol. The molecule has 1 saturated carbocycles. The zero-order valence-electron chi connectivity index (χ0n) is 15.6. The third-order valence-corrected chi connectivity index (χ3v) is 6.60. The van der Waals surface area contributed by atoms with Crippen LogP contribution in [0.3, 0.4) is 0 Å². The van der Waals surface area contributed by atoms with Gasteiger partial charge in [-0.15, -0.1) is 0 Å². The lowest BCUT2D eigenvalue weighted by Gasteiger charge is -2.43. The molecule has 3 aliphatic rings. The molecule has 1 atom stereocenters. The second kappa shape index (κ2) is 7.97. The molecular weight excluding hydrogens is 403 g/mol. The van der Waals surface area contributed by atoms with Gasteiger partial charge in [0.2, 0.25) is 5.91 Å². The molecule has 3 fully saturated rings. The van der Waals surface area contributed by atoms with E-state index in [9.17, 15) is 14.7 Å². The molecule has 2 heterocycles. The highest BCUT2D eigenvalue weighted by molar-refractivity contribution is 6.42. The minimum Gasteiger partial charge on any atom is -0.465 e. The molecule has 1 aromatic carbocycles. The lowest BCUT2D eigenvalue weighted by molar-refractivity contribution is -0.139. The molecule has 0 spiro atoms. The third-order valence-electron chi connectivity index (χ3n) is 5.87. The summed E-state index contributed by atoms with van der Waals surface area (Å²) in [7, 11) is 0.